The number of aromatic amines is 1. The van der Waals surface area contributed by atoms with E-state index in [0.717, 1.165) is 27.8 Å². The normalized spacial score (nSPS) is 10.9. The average molecular weight is 358 g/mol. The molecule has 0 atom stereocenters. The maximum Gasteiger partial charge on any atom is 0.248 e. The van der Waals surface area contributed by atoms with Gasteiger partial charge in [0.1, 0.15) is 0 Å². The summed E-state index contributed by atoms with van der Waals surface area (Å²) in [4.78, 5) is 23.3. The molecule has 0 saturated carbocycles. The number of aromatic nitrogens is 3. The zero-order valence-electron chi connectivity index (χ0n) is 14.7. The molecule has 2 aromatic heterocycles. The van der Waals surface area contributed by atoms with Crippen LogP contribution in [0.15, 0.2) is 54.7 Å². The molecule has 2 aromatic carbocycles. The summed E-state index contributed by atoms with van der Waals surface area (Å²) in [5, 5.41) is 4.33. The molecule has 6 N–H and O–H groups in total. The van der Waals surface area contributed by atoms with Crippen LogP contribution in [0, 0.1) is 6.92 Å². The molecule has 0 aliphatic heterocycles. The third-order valence-corrected chi connectivity index (χ3v) is 4.28. The molecule has 27 heavy (non-hydrogen) atoms. The van der Waals surface area contributed by atoms with Gasteiger partial charge in [0.15, 0.2) is 11.6 Å². The predicted octanol–water partition coefficient (Wildman–Crippen LogP) is 3.36. The minimum atomic E-state index is -0.470. The molecule has 1 amide bonds. The Hall–Kier alpha value is -3.87. The SMILES string of the molecule is Cc1cc2cc(Nc3nc(-c4ccc(C(N)=O)cc4)cnc3N)ccc2[nH]1. The Kier molecular flexibility index (Phi) is 3.97. The number of nitrogens with zero attached hydrogens (tertiary/aromatic N) is 2. The van der Waals surface area contributed by atoms with Gasteiger partial charge in [-0.25, -0.2) is 9.97 Å². The number of anilines is 3. The Balaban J connectivity index is 1.66. The lowest BCUT2D eigenvalue weighted by Crippen LogP contribution is -2.10. The van der Waals surface area contributed by atoms with Crippen LogP contribution in [-0.4, -0.2) is 20.9 Å². The topological polar surface area (TPSA) is 123 Å². The summed E-state index contributed by atoms with van der Waals surface area (Å²) in [6.07, 6.45) is 1.60. The zero-order chi connectivity index (χ0) is 19.0. The summed E-state index contributed by atoms with van der Waals surface area (Å²) >= 11 is 0. The number of amides is 1. The van der Waals surface area contributed by atoms with E-state index in [-0.39, 0.29) is 0 Å². The van der Waals surface area contributed by atoms with Crippen molar-refractivity contribution in [1.29, 1.82) is 0 Å². The van der Waals surface area contributed by atoms with Crippen LogP contribution in [0.2, 0.25) is 0 Å². The van der Waals surface area contributed by atoms with Crippen molar-refractivity contribution in [2.24, 2.45) is 5.73 Å². The standard InChI is InChI=1S/C20H18N6O/c1-11-8-14-9-15(6-7-16(14)24-11)25-20-18(21)23-10-17(26-20)12-2-4-13(5-3-12)19(22)27/h2-10,24H,1H3,(H2,21,23)(H2,22,27)(H,25,26). The van der Waals surface area contributed by atoms with Gasteiger partial charge in [-0.2, -0.15) is 0 Å². The lowest BCUT2D eigenvalue weighted by atomic mass is 10.1. The fourth-order valence-corrected chi connectivity index (χ4v) is 2.93. The molecule has 0 fully saturated rings. The smallest absolute Gasteiger partial charge is 0.248 e. The van der Waals surface area contributed by atoms with Gasteiger partial charge >= 0.3 is 0 Å². The quantitative estimate of drug-likeness (QED) is 0.445. The number of nitrogens with two attached hydrogens (primary N) is 2. The number of hydrogen-bond acceptors (Lipinski definition) is 5. The minimum Gasteiger partial charge on any atom is -0.381 e. The third-order valence-electron chi connectivity index (χ3n) is 4.28. The van der Waals surface area contributed by atoms with Crippen molar-refractivity contribution in [3.05, 3.63) is 66.0 Å². The summed E-state index contributed by atoms with van der Waals surface area (Å²) < 4.78 is 0. The van der Waals surface area contributed by atoms with Crippen LogP contribution < -0.4 is 16.8 Å². The molecule has 7 nitrogen and oxygen atoms in total. The number of carbonyl (C=O) groups excluding carboxylic acids is 1. The summed E-state index contributed by atoms with van der Waals surface area (Å²) in [7, 11) is 0. The van der Waals surface area contributed by atoms with Crippen molar-refractivity contribution in [2.75, 3.05) is 11.1 Å². The van der Waals surface area contributed by atoms with Gasteiger partial charge in [0.2, 0.25) is 5.91 Å². The summed E-state index contributed by atoms with van der Waals surface area (Å²) in [6.45, 7) is 2.02. The number of aryl methyl sites for hydroxylation is 1. The molecule has 7 heteroatoms. The fourth-order valence-electron chi connectivity index (χ4n) is 2.93. The van der Waals surface area contributed by atoms with Crippen molar-refractivity contribution < 1.29 is 4.79 Å². The van der Waals surface area contributed by atoms with Gasteiger partial charge in [0.05, 0.1) is 11.9 Å². The van der Waals surface area contributed by atoms with E-state index in [4.69, 9.17) is 11.5 Å². The van der Waals surface area contributed by atoms with Gasteiger partial charge in [-0.15, -0.1) is 0 Å². The van der Waals surface area contributed by atoms with Crippen LogP contribution in [0.25, 0.3) is 22.2 Å². The molecule has 134 valence electrons. The number of nitrogens with one attached hydrogen (secondary N) is 2. The summed E-state index contributed by atoms with van der Waals surface area (Å²) in [5.41, 5.74) is 16.2. The van der Waals surface area contributed by atoms with E-state index >= 15 is 0 Å². The second kappa shape index (κ2) is 6.45. The Labute approximate surface area is 155 Å². The second-order valence-electron chi connectivity index (χ2n) is 6.31. The minimum absolute atomic E-state index is 0.304. The lowest BCUT2D eigenvalue weighted by molar-refractivity contribution is 0.100. The van der Waals surface area contributed by atoms with Gasteiger partial charge in [-0.3, -0.25) is 4.79 Å². The fraction of sp³-hybridized carbons (Fsp3) is 0.0500. The van der Waals surface area contributed by atoms with E-state index < -0.39 is 5.91 Å². The molecular formula is C20H18N6O. The number of benzene rings is 2. The number of rotatable bonds is 4. The van der Waals surface area contributed by atoms with Crippen molar-refractivity contribution >= 4 is 34.1 Å². The third kappa shape index (κ3) is 3.30. The van der Waals surface area contributed by atoms with E-state index in [1.165, 1.54) is 0 Å². The van der Waals surface area contributed by atoms with Crippen LogP contribution in [-0.2, 0) is 0 Å². The first-order valence-electron chi connectivity index (χ1n) is 8.39. The number of H-pyrrole nitrogens is 1. The largest absolute Gasteiger partial charge is 0.381 e. The van der Waals surface area contributed by atoms with E-state index in [0.29, 0.717) is 22.9 Å². The highest BCUT2D eigenvalue weighted by Gasteiger charge is 2.09. The van der Waals surface area contributed by atoms with Gasteiger partial charge in [0.25, 0.3) is 0 Å². The van der Waals surface area contributed by atoms with Crippen molar-refractivity contribution in [3.63, 3.8) is 0 Å². The van der Waals surface area contributed by atoms with Gasteiger partial charge < -0.3 is 21.8 Å². The number of fused-ring (bicyclic) bond motifs is 1. The molecule has 2 heterocycles. The van der Waals surface area contributed by atoms with Crippen LogP contribution in [0.4, 0.5) is 17.3 Å². The Morgan fingerprint density at radius 2 is 1.89 bits per heavy atom. The highest BCUT2D eigenvalue weighted by Crippen LogP contribution is 2.26. The number of primary amides is 1. The lowest BCUT2D eigenvalue weighted by Gasteiger charge is -2.10. The van der Waals surface area contributed by atoms with Crippen LogP contribution in [0.3, 0.4) is 0 Å². The Morgan fingerprint density at radius 3 is 2.63 bits per heavy atom. The van der Waals surface area contributed by atoms with E-state index in [1.54, 1.807) is 30.5 Å². The Bertz CT molecular complexity index is 1150. The molecular weight excluding hydrogens is 340 g/mol. The molecule has 0 spiro atoms. The van der Waals surface area contributed by atoms with Crippen LogP contribution in [0.1, 0.15) is 16.1 Å². The second-order valence-corrected chi connectivity index (χ2v) is 6.31. The molecule has 0 radical (unpaired) electrons. The van der Waals surface area contributed by atoms with Crippen molar-refractivity contribution in [1.82, 2.24) is 15.0 Å². The molecule has 0 aliphatic carbocycles. The average Bonchev–Trinajstić information content (AvgIpc) is 3.03. The first-order valence-corrected chi connectivity index (χ1v) is 8.39. The number of carbonyl (C=O) groups is 1. The van der Waals surface area contributed by atoms with Crippen LogP contribution in [0.5, 0.6) is 0 Å². The molecule has 0 bridgehead atoms. The summed E-state index contributed by atoms with van der Waals surface area (Å²) in [5.74, 6) is 0.304. The highest BCUT2D eigenvalue weighted by molar-refractivity contribution is 5.93. The molecule has 0 saturated heterocycles. The van der Waals surface area contributed by atoms with Crippen molar-refractivity contribution in [3.8, 4) is 11.3 Å². The first kappa shape index (κ1) is 16.6. The Morgan fingerprint density at radius 1 is 1.11 bits per heavy atom. The van der Waals surface area contributed by atoms with E-state index in [2.05, 4.69) is 26.3 Å². The zero-order valence-corrected chi connectivity index (χ0v) is 14.7. The molecule has 0 unspecified atom stereocenters. The maximum absolute atomic E-state index is 11.2. The van der Waals surface area contributed by atoms with Crippen molar-refractivity contribution in [2.45, 2.75) is 6.92 Å². The maximum atomic E-state index is 11.2. The molecule has 4 aromatic rings. The van der Waals surface area contributed by atoms with E-state index in [1.807, 2.05) is 25.1 Å². The van der Waals surface area contributed by atoms with E-state index in [9.17, 15) is 4.79 Å². The monoisotopic (exact) mass is 358 g/mol. The van der Waals surface area contributed by atoms with Gasteiger partial charge in [-0.05, 0) is 43.3 Å². The molecule has 4 rings (SSSR count). The van der Waals surface area contributed by atoms with Crippen LogP contribution >= 0.6 is 0 Å². The molecule has 0 aliphatic rings. The first-order chi connectivity index (χ1) is 13.0. The number of nitrogen functional groups attached to an aromatic ring is 1. The number of hydrogen-bond donors (Lipinski definition) is 4. The van der Waals surface area contributed by atoms with Gasteiger partial charge in [0, 0.05) is 33.4 Å². The summed E-state index contributed by atoms with van der Waals surface area (Å²) in [6, 6.07) is 14.9. The highest BCUT2D eigenvalue weighted by atomic mass is 16.1. The predicted molar refractivity (Wildman–Crippen MR) is 107 cm³/mol. The van der Waals surface area contributed by atoms with Gasteiger partial charge in [-0.1, -0.05) is 12.1 Å².